The smallest absolute Gasteiger partial charge is 0.203 e. The molecule has 0 aliphatic carbocycles. The van der Waals surface area contributed by atoms with Crippen molar-refractivity contribution in [3.05, 3.63) is 52.7 Å². The molecule has 0 amide bonds. The summed E-state index contributed by atoms with van der Waals surface area (Å²) < 4.78 is 16.4. The van der Waals surface area contributed by atoms with Crippen molar-refractivity contribution in [1.29, 1.82) is 0 Å². The van der Waals surface area contributed by atoms with Crippen LogP contribution in [0.2, 0.25) is 5.15 Å². The van der Waals surface area contributed by atoms with Crippen molar-refractivity contribution in [3.63, 3.8) is 0 Å². The van der Waals surface area contributed by atoms with Crippen LogP contribution in [-0.4, -0.2) is 44.5 Å². The molecule has 1 heterocycles. The normalized spacial score (nSPS) is 11.1. The second kappa shape index (κ2) is 9.57. The van der Waals surface area contributed by atoms with Gasteiger partial charge in [-0.05, 0) is 37.6 Å². The molecule has 5 nitrogen and oxygen atoms in total. The first-order chi connectivity index (χ1) is 14.0. The highest BCUT2D eigenvalue weighted by Gasteiger charge is 2.17. The molecule has 154 valence electrons. The Morgan fingerprint density at radius 2 is 1.66 bits per heavy atom. The number of ether oxygens (including phenoxy) is 3. The molecule has 0 radical (unpaired) electrons. The Bertz CT molecular complexity index is 1010. The van der Waals surface area contributed by atoms with E-state index in [0.29, 0.717) is 35.5 Å². The van der Waals surface area contributed by atoms with Crippen LogP contribution in [-0.2, 0) is 13.1 Å². The van der Waals surface area contributed by atoms with E-state index in [1.807, 2.05) is 19.2 Å². The first-order valence-corrected chi connectivity index (χ1v) is 10.7. The average Bonchev–Trinajstić information content (AvgIpc) is 2.73. The maximum absolute atomic E-state index is 6.49. The molecule has 0 saturated heterocycles. The number of pyridine rings is 1. The summed E-state index contributed by atoms with van der Waals surface area (Å²) >= 11 is 8.18. The Labute approximate surface area is 180 Å². The maximum Gasteiger partial charge on any atom is 0.203 e. The summed E-state index contributed by atoms with van der Waals surface area (Å²) in [5, 5.41) is 1.61. The Morgan fingerprint density at radius 1 is 0.931 bits per heavy atom. The average molecular weight is 433 g/mol. The fourth-order valence-electron chi connectivity index (χ4n) is 3.33. The minimum atomic E-state index is 0.530. The predicted octanol–water partition coefficient (Wildman–Crippen LogP) is 5.27. The number of thioether (sulfide) groups is 1. The van der Waals surface area contributed by atoms with Gasteiger partial charge in [0.05, 0.1) is 26.8 Å². The summed E-state index contributed by atoms with van der Waals surface area (Å²) in [4.78, 5) is 7.93. The Morgan fingerprint density at radius 3 is 2.31 bits per heavy atom. The molecular formula is C22H25ClN2O3S. The summed E-state index contributed by atoms with van der Waals surface area (Å²) in [5.74, 6) is 1.91. The number of nitrogens with zero attached hydrogens (tertiary/aromatic N) is 2. The van der Waals surface area contributed by atoms with E-state index in [1.54, 1.807) is 33.1 Å². The molecule has 0 aliphatic rings. The second-order valence-corrected chi connectivity index (χ2v) is 7.90. The summed E-state index contributed by atoms with van der Waals surface area (Å²) in [6, 6.07) is 12.2. The molecule has 3 aromatic rings. The Balaban J connectivity index is 1.84. The standard InChI is InChI=1S/C22H25ClN2O3S/c1-25(12-15-7-9-19(26-2)21(28-4)20(15)27-3)13-16-10-14-6-8-17(29-5)11-18(14)24-22(16)23/h6-11H,12-13H2,1-5H3. The Kier molecular flexibility index (Phi) is 7.11. The molecule has 7 heteroatoms. The van der Waals surface area contributed by atoms with Crippen LogP contribution >= 0.6 is 23.4 Å². The predicted molar refractivity (Wildman–Crippen MR) is 120 cm³/mol. The van der Waals surface area contributed by atoms with Crippen LogP contribution in [0.1, 0.15) is 11.1 Å². The van der Waals surface area contributed by atoms with Gasteiger partial charge in [0.2, 0.25) is 5.75 Å². The lowest BCUT2D eigenvalue weighted by molar-refractivity contribution is 0.296. The lowest BCUT2D eigenvalue weighted by atomic mass is 10.1. The van der Waals surface area contributed by atoms with E-state index in [-0.39, 0.29) is 0 Å². The van der Waals surface area contributed by atoms with Crippen LogP contribution in [0.4, 0.5) is 0 Å². The number of rotatable bonds is 8. The summed E-state index contributed by atoms with van der Waals surface area (Å²) in [6.07, 6.45) is 2.05. The van der Waals surface area contributed by atoms with Gasteiger partial charge in [-0.15, -0.1) is 11.8 Å². The number of benzene rings is 2. The topological polar surface area (TPSA) is 43.8 Å². The van der Waals surface area contributed by atoms with Crippen LogP contribution in [0, 0.1) is 0 Å². The number of aromatic nitrogens is 1. The molecule has 0 fully saturated rings. The van der Waals surface area contributed by atoms with Crippen molar-refractivity contribution in [2.24, 2.45) is 0 Å². The number of hydrogen-bond donors (Lipinski definition) is 0. The van der Waals surface area contributed by atoms with Gasteiger partial charge >= 0.3 is 0 Å². The fraction of sp³-hybridized carbons (Fsp3) is 0.318. The zero-order chi connectivity index (χ0) is 21.0. The quantitative estimate of drug-likeness (QED) is 0.357. The van der Waals surface area contributed by atoms with Crippen LogP contribution in [0.5, 0.6) is 17.2 Å². The third kappa shape index (κ3) is 4.71. The molecule has 0 N–H and O–H groups in total. The molecule has 0 bridgehead atoms. The van der Waals surface area contributed by atoms with Crippen molar-refractivity contribution >= 4 is 34.3 Å². The van der Waals surface area contributed by atoms with Crippen molar-refractivity contribution in [3.8, 4) is 17.2 Å². The zero-order valence-corrected chi connectivity index (χ0v) is 18.9. The molecule has 0 spiro atoms. The number of hydrogen-bond acceptors (Lipinski definition) is 6. The van der Waals surface area contributed by atoms with E-state index in [9.17, 15) is 0 Å². The third-order valence-electron chi connectivity index (χ3n) is 4.72. The summed E-state index contributed by atoms with van der Waals surface area (Å²) in [7, 11) is 6.89. The van der Waals surface area contributed by atoms with E-state index in [0.717, 1.165) is 22.0 Å². The molecule has 1 aromatic heterocycles. The van der Waals surface area contributed by atoms with E-state index < -0.39 is 0 Å². The highest BCUT2D eigenvalue weighted by atomic mass is 35.5. The molecular weight excluding hydrogens is 408 g/mol. The summed E-state index contributed by atoms with van der Waals surface area (Å²) in [5.41, 5.74) is 2.90. The second-order valence-electron chi connectivity index (χ2n) is 6.66. The number of halogens is 1. The van der Waals surface area contributed by atoms with Gasteiger partial charge in [-0.1, -0.05) is 23.7 Å². The van der Waals surface area contributed by atoms with E-state index in [4.69, 9.17) is 25.8 Å². The van der Waals surface area contributed by atoms with Gasteiger partial charge < -0.3 is 14.2 Å². The molecule has 29 heavy (non-hydrogen) atoms. The monoisotopic (exact) mass is 432 g/mol. The van der Waals surface area contributed by atoms with Crippen LogP contribution in [0.3, 0.4) is 0 Å². The van der Waals surface area contributed by atoms with Crippen molar-refractivity contribution < 1.29 is 14.2 Å². The summed E-state index contributed by atoms with van der Waals surface area (Å²) in [6.45, 7) is 1.31. The van der Waals surface area contributed by atoms with Gasteiger partial charge in [-0.2, -0.15) is 0 Å². The molecule has 2 aromatic carbocycles. The van der Waals surface area contributed by atoms with Gasteiger partial charge in [0.25, 0.3) is 0 Å². The van der Waals surface area contributed by atoms with Crippen LogP contribution in [0.15, 0.2) is 41.3 Å². The lowest BCUT2D eigenvalue weighted by Gasteiger charge is -2.21. The largest absolute Gasteiger partial charge is 0.493 e. The van der Waals surface area contributed by atoms with E-state index in [2.05, 4.69) is 40.4 Å². The minimum Gasteiger partial charge on any atom is -0.493 e. The number of methoxy groups -OCH3 is 3. The molecule has 3 rings (SSSR count). The van der Waals surface area contributed by atoms with Gasteiger partial charge in [-0.3, -0.25) is 4.90 Å². The molecule has 0 unspecified atom stereocenters. The fourth-order valence-corrected chi connectivity index (χ4v) is 3.97. The SMILES string of the molecule is COc1ccc(CN(C)Cc2cc3ccc(SC)cc3nc2Cl)c(OC)c1OC. The first kappa shape index (κ1) is 21.6. The van der Waals surface area contributed by atoms with Crippen LogP contribution in [0.25, 0.3) is 10.9 Å². The highest BCUT2D eigenvalue weighted by molar-refractivity contribution is 7.98. The van der Waals surface area contributed by atoms with Gasteiger partial charge in [0, 0.05) is 34.5 Å². The van der Waals surface area contributed by atoms with Gasteiger partial charge in [0.1, 0.15) is 5.15 Å². The third-order valence-corrected chi connectivity index (χ3v) is 5.77. The van der Waals surface area contributed by atoms with Crippen molar-refractivity contribution in [2.45, 2.75) is 18.0 Å². The molecule has 0 saturated carbocycles. The van der Waals surface area contributed by atoms with E-state index in [1.165, 1.54) is 4.90 Å². The molecule has 0 atom stereocenters. The van der Waals surface area contributed by atoms with Gasteiger partial charge in [-0.25, -0.2) is 4.98 Å². The Hall–Kier alpha value is -2.15. The number of fused-ring (bicyclic) bond motifs is 1. The maximum atomic E-state index is 6.49. The van der Waals surface area contributed by atoms with Gasteiger partial charge in [0.15, 0.2) is 11.5 Å². The minimum absolute atomic E-state index is 0.530. The zero-order valence-electron chi connectivity index (χ0n) is 17.3. The lowest BCUT2D eigenvalue weighted by Crippen LogP contribution is -2.18. The van der Waals surface area contributed by atoms with Crippen LogP contribution < -0.4 is 14.2 Å². The molecule has 0 aliphatic heterocycles. The van der Waals surface area contributed by atoms with Crippen molar-refractivity contribution in [2.75, 3.05) is 34.6 Å². The van der Waals surface area contributed by atoms with E-state index >= 15 is 0 Å². The first-order valence-electron chi connectivity index (χ1n) is 9.10. The van der Waals surface area contributed by atoms with Crippen molar-refractivity contribution in [1.82, 2.24) is 9.88 Å². The highest BCUT2D eigenvalue weighted by Crippen LogP contribution is 2.40.